The molecular formula is C43H64Ag2Cl6N10Pd-4. The van der Waals surface area contributed by atoms with E-state index in [0.717, 1.165) is 75.1 Å². The molecule has 6 rings (SSSR count). The number of hydrogen-bond donors (Lipinski definition) is 0. The number of alkyl halides is 2. The zero-order valence-electron chi connectivity index (χ0n) is 36.1. The summed E-state index contributed by atoms with van der Waals surface area (Å²) in [4.78, 5) is 27.5. The molecule has 6 heterocycles. The van der Waals surface area contributed by atoms with E-state index in [9.17, 15) is 0 Å². The molecule has 0 aromatic carbocycles. The van der Waals surface area contributed by atoms with Gasteiger partial charge in [0.2, 0.25) is 0 Å². The fourth-order valence-electron chi connectivity index (χ4n) is 6.18. The number of pyridine rings is 2. The van der Waals surface area contributed by atoms with Crippen LogP contribution in [0, 0.1) is 26.7 Å². The van der Waals surface area contributed by atoms with Gasteiger partial charge >= 0.3 is 86.1 Å². The van der Waals surface area contributed by atoms with Crippen LogP contribution in [0.4, 0.5) is 0 Å². The first-order valence-corrected chi connectivity index (χ1v) is 27.4. The standard InChI is InChI=1S/2C21H31N5.CH2Cl2.2Ag.4ClH.Pd/c2*1-3-5-10-23-12-14-25(18-23)16-20-8-7-9-21(22-20)17-26-15-13-24(19-26)11-6-4-2;2-1-3;;;;;;;/h2*7-9,12-15,18-19H,3-6,10-11,16-17H2,1-2H3;1H2;;;4*1H;/q2*-2;;2*+1;;;;;+2/p-4. The van der Waals surface area contributed by atoms with Crippen LogP contribution in [0.5, 0.6) is 0 Å². The summed E-state index contributed by atoms with van der Waals surface area (Å²) in [6.45, 7) is 25.2. The van der Waals surface area contributed by atoms with E-state index >= 15 is 0 Å². The van der Waals surface area contributed by atoms with Gasteiger partial charge < -0.3 is 51.6 Å². The summed E-state index contributed by atoms with van der Waals surface area (Å²) in [5.41, 5.74) is 4.41. The normalized spacial score (nSPS) is 14.4. The number of rotatable bonds is 20. The van der Waals surface area contributed by atoms with Gasteiger partial charge in [-0.2, -0.15) is 26.7 Å². The van der Waals surface area contributed by atoms with Gasteiger partial charge in [0.25, 0.3) is 0 Å². The molecule has 0 aliphatic carbocycles. The molecule has 0 saturated heterocycles. The molecule has 4 aliphatic rings. The average Bonchev–Trinajstić information content (AvgIpc) is 4.13. The van der Waals surface area contributed by atoms with Crippen molar-refractivity contribution in [3.8, 4) is 0 Å². The van der Waals surface area contributed by atoms with Crippen molar-refractivity contribution >= 4 is 51.1 Å². The number of hydrogen-bond acceptors (Lipinski definition) is 10. The first-order chi connectivity index (χ1) is 29.9. The first kappa shape index (κ1) is 61.5. The van der Waals surface area contributed by atoms with Gasteiger partial charge in [-0.15, -0.1) is 23.2 Å². The number of aromatic nitrogens is 2. The maximum atomic E-state index is 4.85. The Bertz CT molecular complexity index is 1300. The molecule has 4 aliphatic heterocycles. The third-order valence-electron chi connectivity index (χ3n) is 9.17. The number of nitrogens with zero attached hydrogens (tertiary/aromatic N) is 10. The monoisotopic (exact) mass is 1250 g/mol. The molecule has 19 heteroatoms. The fraction of sp³-hybridized carbons (Fsp3) is 0.488. The van der Waals surface area contributed by atoms with Crippen molar-refractivity contribution in [2.45, 2.75) is 105 Å². The van der Waals surface area contributed by atoms with Gasteiger partial charge in [0, 0.05) is 26.2 Å². The molecule has 0 unspecified atom stereocenters. The summed E-state index contributed by atoms with van der Waals surface area (Å²) >= 11 is 16.6. The summed E-state index contributed by atoms with van der Waals surface area (Å²) in [7, 11) is 13.4. The molecule has 0 amide bonds. The quantitative estimate of drug-likeness (QED) is 0.0732. The Labute approximate surface area is 438 Å². The summed E-state index contributed by atoms with van der Waals surface area (Å²) in [5.74, 6) is 0. The van der Waals surface area contributed by atoms with Crippen LogP contribution in [-0.4, -0.2) is 80.7 Å². The van der Waals surface area contributed by atoms with E-state index in [1.165, 1.54) is 51.4 Å². The minimum atomic E-state index is 0. The second-order valence-electron chi connectivity index (χ2n) is 14.1. The Hall–Kier alpha value is -0.457. The number of halogens is 6. The van der Waals surface area contributed by atoms with Gasteiger partial charge in [0.05, 0.1) is 28.1 Å². The zero-order valence-corrected chi connectivity index (χ0v) is 45.1. The molecule has 0 N–H and O–H groups in total. The molecule has 0 spiro atoms. The van der Waals surface area contributed by atoms with Crippen LogP contribution in [0.2, 0.25) is 0 Å². The zero-order chi connectivity index (χ0) is 45.1. The predicted octanol–water partition coefficient (Wildman–Crippen LogP) is 8.68. The Kier molecular flexibility index (Phi) is 40.5. The molecule has 0 bridgehead atoms. The van der Waals surface area contributed by atoms with Crippen molar-refractivity contribution in [1.29, 1.82) is 0 Å². The summed E-state index contributed by atoms with van der Waals surface area (Å²) in [6.07, 6.45) is 26.9. The van der Waals surface area contributed by atoms with Crippen molar-refractivity contribution < 1.29 is 70.6 Å². The molecule has 0 radical (unpaired) electrons. The van der Waals surface area contributed by atoms with E-state index in [4.69, 9.17) is 33.2 Å². The van der Waals surface area contributed by atoms with Gasteiger partial charge in [0.15, 0.2) is 0 Å². The number of unbranched alkanes of at least 4 members (excludes halogenated alkanes) is 4. The molecule has 0 atom stereocenters. The Balaban J connectivity index is 0.00000100. The van der Waals surface area contributed by atoms with Gasteiger partial charge in [0.1, 0.15) is 0 Å². The Morgan fingerprint density at radius 2 is 0.629 bits per heavy atom. The molecule has 10 nitrogen and oxygen atoms in total. The average molecular weight is 1260 g/mol. The molecule has 0 saturated carbocycles. The topological polar surface area (TPSA) is 51.7 Å². The van der Waals surface area contributed by atoms with Crippen LogP contribution < -0.4 is 12.4 Å². The van der Waals surface area contributed by atoms with Crippen LogP contribution in [0.15, 0.2) is 86.0 Å². The summed E-state index contributed by atoms with van der Waals surface area (Å²) in [6, 6.07) is 12.7. The van der Waals surface area contributed by atoms with E-state index in [0.29, 0.717) is 0 Å². The molecular weight excluding hydrogens is 1190 g/mol. The first-order valence-electron chi connectivity index (χ1n) is 20.5. The van der Waals surface area contributed by atoms with E-state index in [1.54, 1.807) is 0 Å². The van der Waals surface area contributed by atoms with E-state index < -0.39 is 0 Å². The van der Waals surface area contributed by atoms with E-state index in [-0.39, 0.29) is 17.7 Å². The van der Waals surface area contributed by atoms with E-state index in [2.05, 4.69) is 266 Å². The maximum absolute atomic E-state index is 4.85. The minimum absolute atomic E-state index is 0. The third-order valence-corrected chi connectivity index (χ3v) is 9.17. The second-order valence-corrected chi connectivity index (χ2v) is 14.9. The molecule has 62 heavy (non-hydrogen) atoms. The van der Waals surface area contributed by atoms with Crippen molar-refractivity contribution in [1.82, 2.24) is 49.2 Å². The SMILES string of the molecule is CCCCN1C=CN(Cc2cccc(CN3C=CN(CCCC)[CH-]3)n2)[CH-]1.CCCCN1C=CN(Cc2cccc(CN3C=CN(CCCC)[CH-]3)n2)[CH-]1.ClCCl.[Cl-].[Cl][Ag].[Cl][Ag].[Cl][Pd+]. The van der Waals surface area contributed by atoms with Crippen LogP contribution in [0.1, 0.15) is 102 Å². The van der Waals surface area contributed by atoms with Crippen molar-refractivity contribution in [3.05, 3.63) is 135 Å². The van der Waals surface area contributed by atoms with Crippen LogP contribution in [-0.2, 0) is 84.3 Å². The summed E-state index contributed by atoms with van der Waals surface area (Å²) < 4.78 is 0. The summed E-state index contributed by atoms with van der Waals surface area (Å²) in [5, 5.41) is 0.194. The third kappa shape index (κ3) is 26.6. The van der Waals surface area contributed by atoms with Crippen molar-refractivity contribution in [2.75, 3.05) is 31.5 Å². The van der Waals surface area contributed by atoms with Gasteiger partial charge in [-0.05, 0) is 126 Å². The fourth-order valence-corrected chi connectivity index (χ4v) is 6.18. The Morgan fingerprint density at radius 3 is 0.823 bits per heavy atom. The van der Waals surface area contributed by atoms with Gasteiger partial charge in [-0.3, -0.25) is 9.97 Å². The molecule has 0 fully saturated rings. The van der Waals surface area contributed by atoms with Crippen LogP contribution in [0.3, 0.4) is 0 Å². The van der Waals surface area contributed by atoms with Gasteiger partial charge in [-0.25, -0.2) is 0 Å². The Morgan fingerprint density at radius 1 is 0.435 bits per heavy atom. The van der Waals surface area contributed by atoms with E-state index in [1.807, 2.05) is 0 Å². The molecule has 364 valence electrons. The molecule has 2 aromatic heterocycles. The van der Waals surface area contributed by atoms with Crippen LogP contribution in [0.25, 0.3) is 0 Å². The van der Waals surface area contributed by atoms with Gasteiger partial charge in [-0.1, -0.05) is 65.5 Å². The predicted molar refractivity (Wildman–Crippen MR) is 245 cm³/mol. The molecule has 2 aromatic rings. The van der Waals surface area contributed by atoms with Crippen molar-refractivity contribution in [2.24, 2.45) is 0 Å². The van der Waals surface area contributed by atoms with Crippen LogP contribution >= 0.6 is 51.1 Å². The second kappa shape index (κ2) is 40.8. The van der Waals surface area contributed by atoms with Crippen molar-refractivity contribution in [3.63, 3.8) is 0 Å².